The number of nitrogens with one attached hydrogen (secondary N) is 2. The van der Waals surface area contributed by atoms with Crippen LogP contribution < -0.4 is 10.6 Å². The fraction of sp³-hybridized carbons (Fsp3) is 0.938. The van der Waals surface area contributed by atoms with Crippen LogP contribution in [-0.4, -0.2) is 57.2 Å². The van der Waals surface area contributed by atoms with Crippen molar-refractivity contribution in [3.8, 4) is 0 Å². The van der Waals surface area contributed by atoms with Gasteiger partial charge in [-0.25, -0.2) is 8.42 Å². The number of aliphatic hydroxyl groups is 1. The lowest BCUT2D eigenvalue weighted by atomic mass is 9.79. The fourth-order valence-corrected chi connectivity index (χ4v) is 3.19. The number of hydrogen-bond donors (Lipinski definition) is 3. The largest absolute Gasteiger partial charge is 0.396 e. The zero-order valence-electron chi connectivity index (χ0n) is 15.8. The molecule has 0 amide bonds. The first-order chi connectivity index (χ1) is 10.7. The molecule has 0 aliphatic rings. The Morgan fingerprint density at radius 3 is 2.25 bits per heavy atom. The van der Waals surface area contributed by atoms with Crippen LogP contribution >= 0.6 is 24.0 Å². The van der Waals surface area contributed by atoms with Crippen LogP contribution in [0.5, 0.6) is 0 Å². The number of halogens is 1. The van der Waals surface area contributed by atoms with Crippen LogP contribution in [0.1, 0.15) is 53.4 Å². The van der Waals surface area contributed by atoms with Crippen molar-refractivity contribution in [2.24, 2.45) is 10.4 Å². The van der Waals surface area contributed by atoms with Gasteiger partial charge in [-0.3, -0.25) is 4.99 Å². The van der Waals surface area contributed by atoms with E-state index < -0.39 is 9.84 Å². The average Bonchev–Trinajstić information content (AvgIpc) is 2.49. The van der Waals surface area contributed by atoms with Gasteiger partial charge in [-0.15, -0.1) is 24.0 Å². The minimum absolute atomic E-state index is 0. The molecule has 0 aliphatic carbocycles. The molecule has 3 N–H and O–H groups in total. The maximum Gasteiger partial charge on any atom is 0.191 e. The SMILES string of the molecule is CCNC(=NCC(CC)(CC)CCO)NC(C)CCS(C)(=O)=O.I. The van der Waals surface area contributed by atoms with Crippen LogP contribution in [0.4, 0.5) is 0 Å². The van der Waals surface area contributed by atoms with Gasteiger partial charge in [0, 0.05) is 32.0 Å². The Bertz CT molecular complexity index is 451. The smallest absolute Gasteiger partial charge is 0.191 e. The number of hydrogen-bond acceptors (Lipinski definition) is 4. The quantitative estimate of drug-likeness (QED) is 0.241. The van der Waals surface area contributed by atoms with Crippen molar-refractivity contribution in [2.45, 2.75) is 59.4 Å². The molecule has 0 heterocycles. The summed E-state index contributed by atoms with van der Waals surface area (Å²) in [6.45, 7) is 9.78. The predicted octanol–water partition coefficient (Wildman–Crippen LogP) is 2.17. The van der Waals surface area contributed by atoms with E-state index in [0.29, 0.717) is 18.9 Å². The summed E-state index contributed by atoms with van der Waals surface area (Å²) < 4.78 is 22.5. The van der Waals surface area contributed by atoms with Crippen molar-refractivity contribution < 1.29 is 13.5 Å². The number of aliphatic hydroxyl groups excluding tert-OH is 1. The summed E-state index contributed by atoms with van der Waals surface area (Å²) in [6, 6.07) is 0.0259. The van der Waals surface area contributed by atoms with Crippen LogP contribution in [-0.2, 0) is 9.84 Å². The Kier molecular flexibility index (Phi) is 14.3. The van der Waals surface area contributed by atoms with Gasteiger partial charge in [-0.1, -0.05) is 13.8 Å². The standard InChI is InChI=1S/C16H35N3O3S.HI/c1-6-16(7-2,10-11-20)13-18-15(17-8-3)19-14(4)9-12-23(5,21)22;/h14,20H,6-13H2,1-5H3,(H2,17,18,19);1H. The third kappa shape index (κ3) is 11.5. The fourth-order valence-electron chi connectivity index (χ4n) is 2.41. The molecule has 1 unspecified atom stereocenters. The van der Waals surface area contributed by atoms with E-state index in [0.717, 1.165) is 25.8 Å². The lowest BCUT2D eigenvalue weighted by molar-refractivity contribution is 0.175. The highest BCUT2D eigenvalue weighted by Crippen LogP contribution is 2.30. The molecule has 0 fully saturated rings. The molecule has 0 saturated heterocycles. The van der Waals surface area contributed by atoms with Gasteiger partial charge in [0.2, 0.25) is 0 Å². The maximum atomic E-state index is 11.3. The molecule has 0 radical (unpaired) electrons. The van der Waals surface area contributed by atoms with E-state index in [9.17, 15) is 13.5 Å². The van der Waals surface area contributed by atoms with Gasteiger partial charge >= 0.3 is 0 Å². The summed E-state index contributed by atoms with van der Waals surface area (Å²) in [4.78, 5) is 4.66. The number of aliphatic imine (C=N–C) groups is 1. The maximum absolute atomic E-state index is 11.3. The van der Waals surface area contributed by atoms with Crippen molar-refractivity contribution in [1.29, 1.82) is 0 Å². The van der Waals surface area contributed by atoms with Gasteiger partial charge in [-0.05, 0) is 44.9 Å². The summed E-state index contributed by atoms with van der Waals surface area (Å²) in [5, 5.41) is 15.8. The van der Waals surface area contributed by atoms with Crippen molar-refractivity contribution >= 4 is 39.8 Å². The van der Waals surface area contributed by atoms with Gasteiger partial charge < -0.3 is 15.7 Å². The Morgan fingerprint density at radius 2 is 1.83 bits per heavy atom. The van der Waals surface area contributed by atoms with E-state index in [1.54, 1.807) is 0 Å². The normalized spacial score (nSPS) is 14.0. The van der Waals surface area contributed by atoms with Crippen LogP contribution in [0.3, 0.4) is 0 Å². The first kappa shape index (κ1) is 26.1. The molecule has 1 atom stereocenters. The van der Waals surface area contributed by atoms with E-state index in [1.807, 2.05) is 13.8 Å². The van der Waals surface area contributed by atoms with Crippen LogP contribution in [0.25, 0.3) is 0 Å². The predicted molar refractivity (Wildman–Crippen MR) is 113 cm³/mol. The minimum atomic E-state index is -2.95. The van der Waals surface area contributed by atoms with Gasteiger partial charge in [0.15, 0.2) is 5.96 Å². The van der Waals surface area contributed by atoms with Gasteiger partial charge in [-0.2, -0.15) is 0 Å². The number of rotatable bonds is 11. The molecule has 24 heavy (non-hydrogen) atoms. The monoisotopic (exact) mass is 477 g/mol. The highest BCUT2D eigenvalue weighted by Gasteiger charge is 2.25. The molecule has 0 saturated carbocycles. The summed E-state index contributed by atoms with van der Waals surface area (Å²) >= 11 is 0. The Hall–Kier alpha value is -0.0900. The Labute approximate surface area is 165 Å². The second-order valence-electron chi connectivity index (χ2n) is 6.34. The zero-order valence-corrected chi connectivity index (χ0v) is 18.9. The summed E-state index contributed by atoms with van der Waals surface area (Å²) in [5.41, 5.74) is 0.0209. The topological polar surface area (TPSA) is 90.8 Å². The highest BCUT2D eigenvalue weighted by atomic mass is 127. The number of sulfone groups is 1. The second kappa shape index (κ2) is 13.2. The van der Waals surface area contributed by atoms with Crippen LogP contribution in [0.15, 0.2) is 4.99 Å². The van der Waals surface area contributed by atoms with Gasteiger partial charge in [0.25, 0.3) is 0 Å². The molecule has 0 spiro atoms. The summed E-state index contributed by atoms with van der Waals surface area (Å²) in [6.07, 6.45) is 4.48. The lowest BCUT2D eigenvalue weighted by Gasteiger charge is -2.30. The molecular weight excluding hydrogens is 441 g/mol. The third-order valence-electron chi connectivity index (χ3n) is 4.36. The zero-order chi connectivity index (χ0) is 17.9. The third-order valence-corrected chi connectivity index (χ3v) is 5.34. The van der Waals surface area contributed by atoms with E-state index in [2.05, 4.69) is 29.5 Å². The van der Waals surface area contributed by atoms with Crippen molar-refractivity contribution in [3.05, 3.63) is 0 Å². The van der Waals surface area contributed by atoms with E-state index >= 15 is 0 Å². The Balaban J connectivity index is 0. The highest BCUT2D eigenvalue weighted by molar-refractivity contribution is 14.0. The molecule has 0 rings (SSSR count). The molecule has 8 heteroatoms. The average molecular weight is 477 g/mol. The molecule has 0 bridgehead atoms. The first-order valence-electron chi connectivity index (χ1n) is 8.55. The molecular formula is C16H36IN3O3S. The Morgan fingerprint density at radius 1 is 1.25 bits per heavy atom. The first-order valence-corrected chi connectivity index (χ1v) is 10.6. The van der Waals surface area contributed by atoms with Gasteiger partial charge in [0.05, 0.1) is 5.75 Å². The molecule has 0 aliphatic heterocycles. The van der Waals surface area contributed by atoms with Crippen molar-refractivity contribution in [1.82, 2.24) is 10.6 Å². The minimum Gasteiger partial charge on any atom is -0.396 e. The number of guanidine groups is 1. The molecule has 146 valence electrons. The lowest BCUT2D eigenvalue weighted by Crippen LogP contribution is -2.43. The summed E-state index contributed by atoms with van der Waals surface area (Å²) in [7, 11) is -2.95. The van der Waals surface area contributed by atoms with Crippen LogP contribution in [0.2, 0.25) is 0 Å². The molecule has 0 aromatic heterocycles. The van der Waals surface area contributed by atoms with E-state index in [1.165, 1.54) is 6.26 Å². The van der Waals surface area contributed by atoms with Crippen molar-refractivity contribution in [3.63, 3.8) is 0 Å². The van der Waals surface area contributed by atoms with E-state index in [-0.39, 0.29) is 47.8 Å². The van der Waals surface area contributed by atoms with E-state index in [4.69, 9.17) is 0 Å². The van der Waals surface area contributed by atoms with Crippen molar-refractivity contribution in [2.75, 3.05) is 31.7 Å². The molecule has 0 aromatic rings. The molecule has 6 nitrogen and oxygen atoms in total. The molecule has 0 aromatic carbocycles. The van der Waals surface area contributed by atoms with Gasteiger partial charge in [0.1, 0.15) is 9.84 Å². The number of nitrogens with zero attached hydrogens (tertiary/aromatic N) is 1. The summed E-state index contributed by atoms with van der Waals surface area (Å²) in [5.74, 6) is 0.872. The van der Waals surface area contributed by atoms with Crippen LogP contribution in [0, 0.1) is 5.41 Å². The second-order valence-corrected chi connectivity index (χ2v) is 8.60.